The minimum atomic E-state index is -0.207. The van der Waals surface area contributed by atoms with Gasteiger partial charge in [0.15, 0.2) is 11.0 Å². The van der Waals surface area contributed by atoms with Crippen LogP contribution in [0.1, 0.15) is 12.7 Å². The molecule has 0 aliphatic carbocycles. The zero-order chi connectivity index (χ0) is 15.4. The topological polar surface area (TPSA) is 80.5 Å². The number of nitrogens with zero attached hydrogens (tertiary/aromatic N) is 5. The van der Waals surface area contributed by atoms with E-state index in [1.807, 2.05) is 35.8 Å². The predicted molar refractivity (Wildman–Crippen MR) is 82.0 cm³/mol. The first-order chi connectivity index (χ1) is 10.8. The van der Waals surface area contributed by atoms with Crippen molar-refractivity contribution in [2.75, 3.05) is 0 Å². The van der Waals surface area contributed by atoms with Crippen molar-refractivity contribution in [1.82, 2.24) is 19.7 Å². The molecule has 110 valence electrons. The third-order valence-electron chi connectivity index (χ3n) is 2.99. The van der Waals surface area contributed by atoms with E-state index in [-0.39, 0.29) is 5.25 Å². The van der Waals surface area contributed by atoms with Gasteiger partial charge in [0, 0.05) is 18.0 Å². The highest BCUT2D eigenvalue weighted by Gasteiger charge is 2.17. The van der Waals surface area contributed by atoms with Gasteiger partial charge in [-0.2, -0.15) is 5.26 Å². The molecule has 6 nitrogen and oxygen atoms in total. The van der Waals surface area contributed by atoms with Crippen LogP contribution in [0.5, 0.6) is 0 Å². The number of nitriles is 1. The third kappa shape index (κ3) is 3.02. The Kier molecular flexibility index (Phi) is 4.21. The van der Waals surface area contributed by atoms with Crippen molar-refractivity contribution in [1.29, 1.82) is 5.26 Å². The Bertz CT molecular complexity index is 776. The lowest BCUT2D eigenvalue weighted by atomic mass is 10.2. The highest BCUT2D eigenvalue weighted by atomic mass is 32.2. The van der Waals surface area contributed by atoms with Crippen molar-refractivity contribution >= 4 is 11.8 Å². The largest absolute Gasteiger partial charge is 0.467 e. The number of hydrogen-bond donors (Lipinski definition) is 0. The number of thioether (sulfide) groups is 1. The number of pyridine rings is 1. The fourth-order valence-electron chi connectivity index (χ4n) is 1.97. The Hall–Kier alpha value is -2.59. The first-order valence-corrected chi connectivity index (χ1v) is 7.58. The summed E-state index contributed by atoms with van der Waals surface area (Å²) in [6.07, 6.45) is 5.09. The summed E-state index contributed by atoms with van der Waals surface area (Å²) in [5.41, 5.74) is 0.873. The molecule has 0 spiro atoms. The van der Waals surface area contributed by atoms with Gasteiger partial charge in [-0.3, -0.25) is 9.55 Å². The molecule has 0 N–H and O–H groups in total. The molecule has 0 bridgehead atoms. The molecule has 0 aliphatic rings. The van der Waals surface area contributed by atoms with E-state index >= 15 is 0 Å². The molecule has 7 heteroatoms. The summed E-state index contributed by atoms with van der Waals surface area (Å²) in [4.78, 5) is 4.12. The molecule has 0 saturated carbocycles. The molecule has 0 aliphatic heterocycles. The van der Waals surface area contributed by atoms with Gasteiger partial charge in [0.1, 0.15) is 5.76 Å². The average molecular weight is 311 g/mol. The van der Waals surface area contributed by atoms with Crippen LogP contribution in [0.4, 0.5) is 0 Å². The van der Waals surface area contributed by atoms with Crippen LogP contribution in [-0.2, 0) is 6.54 Å². The summed E-state index contributed by atoms with van der Waals surface area (Å²) in [6, 6.07) is 9.72. The molecule has 3 rings (SSSR count). The van der Waals surface area contributed by atoms with Crippen LogP contribution in [0.3, 0.4) is 0 Å². The Balaban J connectivity index is 2.01. The Labute approximate surface area is 131 Å². The van der Waals surface area contributed by atoms with Crippen molar-refractivity contribution in [3.63, 3.8) is 0 Å². The summed E-state index contributed by atoms with van der Waals surface area (Å²) in [6.45, 7) is 2.34. The van der Waals surface area contributed by atoms with Crippen LogP contribution in [0.2, 0.25) is 0 Å². The van der Waals surface area contributed by atoms with Crippen molar-refractivity contribution in [2.24, 2.45) is 0 Å². The van der Waals surface area contributed by atoms with Gasteiger partial charge in [0.05, 0.1) is 24.1 Å². The molecule has 0 saturated heterocycles. The van der Waals surface area contributed by atoms with E-state index in [4.69, 9.17) is 9.68 Å². The van der Waals surface area contributed by atoms with Gasteiger partial charge in [-0.05, 0) is 31.2 Å². The summed E-state index contributed by atoms with van der Waals surface area (Å²) in [7, 11) is 0. The maximum absolute atomic E-state index is 9.01. The molecule has 3 heterocycles. The smallest absolute Gasteiger partial charge is 0.193 e. The lowest BCUT2D eigenvalue weighted by Crippen LogP contribution is -2.05. The number of hydrogen-bond acceptors (Lipinski definition) is 6. The second kappa shape index (κ2) is 6.45. The Morgan fingerprint density at radius 2 is 2.27 bits per heavy atom. The lowest BCUT2D eigenvalue weighted by Gasteiger charge is -2.09. The van der Waals surface area contributed by atoms with E-state index in [0.717, 1.165) is 11.3 Å². The first-order valence-electron chi connectivity index (χ1n) is 6.70. The van der Waals surface area contributed by atoms with E-state index in [9.17, 15) is 0 Å². The summed E-state index contributed by atoms with van der Waals surface area (Å²) < 4.78 is 7.36. The van der Waals surface area contributed by atoms with Gasteiger partial charge in [0.25, 0.3) is 0 Å². The first kappa shape index (κ1) is 14.4. The molecule has 3 aromatic rings. The molecule has 22 heavy (non-hydrogen) atoms. The highest BCUT2D eigenvalue weighted by molar-refractivity contribution is 8.00. The van der Waals surface area contributed by atoms with Gasteiger partial charge in [-0.15, -0.1) is 10.2 Å². The molecular weight excluding hydrogens is 298 g/mol. The summed E-state index contributed by atoms with van der Waals surface area (Å²) in [5.74, 6) is 1.51. The predicted octanol–water partition coefficient (Wildman–Crippen LogP) is 2.99. The summed E-state index contributed by atoms with van der Waals surface area (Å²) in [5, 5.41) is 18.0. The second-order valence-electron chi connectivity index (χ2n) is 4.60. The van der Waals surface area contributed by atoms with Gasteiger partial charge in [0.2, 0.25) is 0 Å². The maximum Gasteiger partial charge on any atom is 0.193 e. The fourth-order valence-corrected chi connectivity index (χ4v) is 2.71. The van der Waals surface area contributed by atoms with Gasteiger partial charge in [-0.1, -0.05) is 11.8 Å². The molecule has 1 atom stereocenters. The molecule has 0 fully saturated rings. The van der Waals surface area contributed by atoms with Crippen LogP contribution in [-0.4, -0.2) is 25.0 Å². The molecule has 0 amide bonds. The Morgan fingerprint density at radius 1 is 1.36 bits per heavy atom. The Morgan fingerprint density at radius 3 is 2.95 bits per heavy atom. The van der Waals surface area contributed by atoms with E-state index < -0.39 is 0 Å². The van der Waals surface area contributed by atoms with E-state index in [1.165, 1.54) is 11.8 Å². The normalized spacial score (nSPS) is 12.0. The monoisotopic (exact) mass is 311 g/mol. The van der Waals surface area contributed by atoms with Crippen molar-refractivity contribution in [3.8, 4) is 17.5 Å². The van der Waals surface area contributed by atoms with Crippen LogP contribution >= 0.6 is 11.8 Å². The van der Waals surface area contributed by atoms with Gasteiger partial charge in [-0.25, -0.2) is 0 Å². The number of rotatable bonds is 5. The highest BCUT2D eigenvalue weighted by Crippen LogP contribution is 2.27. The minimum Gasteiger partial charge on any atom is -0.467 e. The van der Waals surface area contributed by atoms with Crippen LogP contribution in [0.15, 0.2) is 52.5 Å². The molecule has 0 radical (unpaired) electrons. The zero-order valence-electron chi connectivity index (χ0n) is 11.9. The van der Waals surface area contributed by atoms with Gasteiger partial charge < -0.3 is 4.42 Å². The molecule has 0 unspecified atom stereocenters. The van der Waals surface area contributed by atoms with Crippen LogP contribution in [0.25, 0.3) is 11.4 Å². The maximum atomic E-state index is 9.01. The number of furan rings is 1. The van der Waals surface area contributed by atoms with Crippen molar-refractivity contribution in [3.05, 3.63) is 48.7 Å². The minimum absolute atomic E-state index is 0.207. The quantitative estimate of drug-likeness (QED) is 0.674. The average Bonchev–Trinajstić information content (AvgIpc) is 3.19. The molecule has 3 aromatic heterocycles. The van der Waals surface area contributed by atoms with E-state index in [1.54, 1.807) is 18.7 Å². The van der Waals surface area contributed by atoms with E-state index in [2.05, 4.69) is 21.3 Å². The lowest BCUT2D eigenvalue weighted by molar-refractivity contribution is 0.485. The van der Waals surface area contributed by atoms with E-state index in [0.29, 0.717) is 17.5 Å². The zero-order valence-corrected chi connectivity index (χ0v) is 12.7. The van der Waals surface area contributed by atoms with Crippen LogP contribution in [0, 0.1) is 11.3 Å². The fraction of sp³-hybridized carbons (Fsp3) is 0.200. The van der Waals surface area contributed by atoms with Crippen LogP contribution < -0.4 is 0 Å². The second-order valence-corrected chi connectivity index (χ2v) is 5.91. The molecule has 0 aromatic carbocycles. The summed E-state index contributed by atoms with van der Waals surface area (Å²) >= 11 is 1.37. The standard InChI is InChI=1S/C15H13N5OS/c1-11(8-16)22-15-19-18-14(12-4-2-6-17-9-12)20(15)10-13-5-3-7-21-13/h2-7,9,11H,10H2,1H3/t11-/m0/s1. The SMILES string of the molecule is C[C@@H](C#N)Sc1nnc(-c2cccnc2)n1Cc1ccco1. The third-order valence-corrected chi connectivity index (χ3v) is 3.97. The van der Waals surface area contributed by atoms with Gasteiger partial charge >= 0.3 is 0 Å². The van der Waals surface area contributed by atoms with Crippen molar-refractivity contribution in [2.45, 2.75) is 23.9 Å². The number of aromatic nitrogens is 4. The van der Waals surface area contributed by atoms with Crippen molar-refractivity contribution < 1.29 is 4.42 Å². The molecular formula is C15H13N5OS.